The Bertz CT molecular complexity index is 410. The van der Waals surface area contributed by atoms with Crippen LogP contribution in [0.5, 0.6) is 5.88 Å². The molecule has 0 aliphatic rings. The van der Waals surface area contributed by atoms with Gasteiger partial charge in [-0.1, -0.05) is 13.8 Å². The van der Waals surface area contributed by atoms with Gasteiger partial charge in [0.05, 0.1) is 0 Å². The predicted molar refractivity (Wildman–Crippen MR) is 70.0 cm³/mol. The van der Waals surface area contributed by atoms with E-state index in [1.807, 2.05) is 13.8 Å². The van der Waals surface area contributed by atoms with Gasteiger partial charge in [0.1, 0.15) is 0 Å². The lowest BCUT2D eigenvalue weighted by Crippen LogP contribution is -2.22. The van der Waals surface area contributed by atoms with Crippen LogP contribution in [0.25, 0.3) is 0 Å². The zero-order chi connectivity index (χ0) is 14.5. The van der Waals surface area contributed by atoms with Crippen molar-refractivity contribution in [3.63, 3.8) is 0 Å². The number of rotatable bonds is 6. The highest BCUT2D eigenvalue weighted by atomic mass is 79.9. The highest BCUT2D eigenvalue weighted by Gasteiger charge is 2.29. The van der Waals surface area contributed by atoms with Crippen molar-refractivity contribution in [3.05, 3.63) is 22.3 Å². The molecule has 0 amide bonds. The Hall–Kier alpha value is -0.820. The summed E-state index contributed by atoms with van der Waals surface area (Å²) in [5.41, 5.74) is 0.597. The lowest BCUT2D eigenvalue weighted by atomic mass is 10.2. The Morgan fingerprint density at radius 2 is 2.11 bits per heavy atom. The van der Waals surface area contributed by atoms with Gasteiger partial charge in [0, 0.05) is 22.8 Å². The minimum absolute atomic E-state index is 0.0109. The number of alkyl halides is 3. The van der Waals surface area contributed by atoms with E-state index in [-0.39, 0.29) is 5.88 Å². The molecule has 19 heavy (non-hydrogen) atoms. The minimum Gasteiger partial charge on any atom is -0.468 e. The van der Waals surface area contributed by atoms with Gasteiger partial charge in [-0.15, -0.1) is 0 Å². The van der Waals surface area contributed by atoms with Crippen LogP contribution in [0.15, 0.2) is 16.7 Å². The fourth-order valence-electron chi connectivity index (χ4n) is 1.37. The summed E-state index contributed by atoms with van der Waals surface area (Å²) in [4.78, 5) is 3.87. The zero-order valence-corrected chi connectivity index (χ0v) is 12.3. The maximum atomic E-state index is 12.1. The van der Waals surface area contributed by atoms with Gasteiger partial charge in [-0.25, -0.2) is 4.98 Å². The van der Waals surface area contributed by atoms with Crippen LogP contribution in [0.4, 0.5) is 13.2 Å². The van der Waals surface area contributed by atoms with Gasteiger partial charge in [-0.05, 0) is 34.5 Å². The van der Waals surface area contributed by atoms with E-state index in [0.29, 0.717) is 22.5 Å². The van der Waals surface area contributed by atoms with Crippen LogP contribution in [-0.4, -0.2) is 24.3 Å². The molecule has 0 fully saturated rings. The first-order valence-electron chi connectivity index (χ1n) is 5.82. The summed E-state index contributed by atoms with van der Waals surface area (Å²) in [6.45, 7) is 3.95. The summed E-state index contributed by atoms with van der Waals surface area (Å²) >= 11 is 3.24. The number of ether oxygens (including phenoxy) is 1. The summed E-state index contributed by atoms with van der Waals surface area (Å²) in [6, 6.07) is 1.70. The molecule has 0 spiro atoms. The lowest BCUT2D eigenvalue weighted by Gasteiger charge is -2.13. The molecule has 0 radical (unpaired) electrons. The van der Waals surface area contributed by atoms with Crippen molar-refractivity contribution in [1.29, 1.82) is 0 Å². The van der Waals surface area contributed by atoms with Gasteiger partial charge in [0.15, 0.2) is 6.61 Å². The number of hydrogen-bond acceptors (Lipinski definition) is 3. The summed E-state index contributed by atoms with van der Waals surface area (Å²) < 4.78 is 41.8. The Labute approximate surface area is 118 Å². The van der Waals surface area contributed by atoms with Crippen molar-refractivity contribution < 1.29 is 17.9 Å². The van der Waals surface area contributed by atoms with Gasteiger partial charge in [0.2, 0.25) is 5.88 Å². The van der Waals surface area contributed by atoms with E-state index in [0.717, 1.165) is 6.54 Å². The molecular weight excluding hydrogens is 325 g/mol. The number of halogens is 4. The molecule has 108 valence electrons. The Kier molecular flexibility index (Phi) is 6.06. The third kappa shape index (κ3) is 6.77. The van der Waals surface area contributed by atoms with E-state index >= 15 is 0 Å². The molecule has 0 aliphatic carbocycles. The molecule has 7 heteroatoms. The number of nitrogens with zero attached hydrogens (tertiary/aromatic N) is 1. The van der Waals surface area contributed by atoms with Crippen molar-refractivity contribution in [2.75, 3.05) is 13.2 Å². The standard InChI is InChI=1S/C12H16BrF3N2O/c1-8(2)4-17-5-9-3-10(13)6-18-11(9)19-7-12(14,15)16/h3,6,8,17H,4-5,7H2,1-2H3. The molecule has 0 saturated heterocycles. The zero-order valence-electron chi connectivity index (χ0n) is 10.7. The topological polar surface area (TPSA) is 34.2 Å². The predicted octanol–water partition coefficient (Wildman–Crippen LogP) is 3.53. The molecule has 1 heterocycles. The molecule has 0 atom stereocenters. The maximum absolute atomic E-state index is 12.1. The molecular formula is C12H16BrF3N2O. The molecule has 0 bridgehead atoms. The van der Waals surface area contributed by atoms with Gasteiger partial charge >= 0.3 is 6.18 Å². The van der Waals surface area contributed by atoms with E-state index in [2.05, 4.69) is 26.2 Å². The largest absolute Gasteiger partial charge is 0.468 e. The quantitative estimate of drug-likeness (QED) is 0.860. The van der Waals surface area contributed by atoms with Crippen molar-refractivity contribution in [2.45, 2.75) is 26.6 Å². The molecule has 0 aliphatic heterocycles. The van der Waals surface area contributed by atoms with Crippen LogP contribution >= 0.6 is 15.9 Å². The fraction of sp³-hybridized carbons (Fsp3) is 0.583. The Morgan fingerprint density at radius 1 is 1.42 bits per heavy atom. The maximum Gasteiger partial charge on any atom is 0.422 e. The van der Waals surface area contributed by atoms with Gasteiger partial charge in [0.25, 0.3) is 0 Å². The number of nitrogens with one attached hydrogen (secondary N) is 1. The third-order valence-corrected chi connectivity index (χ3v) is 2.57. The average Bonchev–Trinajstić information content (AvgIpc) is 2.26. The van der Waals surface area contributed by atoms with E-state index in [9.17, 15) is 13.2 Å². The fourth-order valence-corrected chi connectivity index (χ4v) is 1.75. The highest BCUT2D eigenvalue weighted by Crippen LogP contribution is 2.22. The van der Waals surface area contributed by atoms with Crippen LogP contribution in [0.3, 0.4) is 0 Å². The van der Waals surface area contributed by atoms with E-state index in [1.165, 1.54) is 6.20 Å². The normalized spacial score (nSPS) is 11.9. The molecule has 0 saturated carbocycles. The first-order valence-corrected chi connectivity index (χ1v) is 6.62. The molecule has 1 aromatic rings. The van der Waals surface area contributed by atoms with Crippen molar-refractivity contribution in [3.8, 4) is 5.88 Å². The molecule has 1 aromatic heterocycles. The van der Waals surface area contributed by atoms with Crippen LogP contribution in [-0.2, 0) is 6.54 Å². The molecule has 3 nitrogen and oxygen atoms in total. The van der Waals surface area contributed by atoms with E-state index in [4.69, 9.17) is 4.74 Å². The van der Waals surface area contributed by atoms with E-state index in [1.54, 1.807) is 6.07 Å². The Morgan fingerprint density at radius 3 is 2.68 bits per heavy atom. The van der Waals surface area contributed by atoms with Crippen LogP contribution < -0.4 is 10.1 Å². The number of aromatic nitrogens is 1. The molecule has 1 N–H and O–H groups in total. The van der Waals surface area contributed by atoms with Crippen LogP contribution in [0, 0.1) is 5.92 Å². The van der Waals surface area contributed by atoms with Gasteiger partial charge in [-0.3, -0.25) is 0 Å². The third-order valence-electron chi connectivity index (χ3n) is 2.13. The summed E-state index contributed by atoms with van der Waals surface area (Å²) in [7, 11) is 0. The molecule has 0 aromatic carbocycles. The summed E-state index contributed by atoms with van der Waals surface area (Å²) in [5.74, 6) is 0.469. The number of pyridine rings is 1. The highest BCUT2D eigenvalue weighted by molar-refractivity contribution is 9.10. The van der Waals surface area contributed by atoms with Crippen LogP contribution in [0.2, 0.25) is 0 Å². The average molecular weight is 341 g/mol. The summed E-state index contributed by atoms with van der Waals surface area (Å²) in [6.07, 6.45) is -2.95. The molecule has 0 unspecified atom stereocenters. The minimum atomic E-state index is -4.36. The first-order chi connectivity index (χ1) is 8.78. The smallest absolute Gasteiger partial charge is 0.422 e. The molecule has 1 rings (SSSR count). The van der Waals surface area contributed by atoms with Crippen molar-refractivity contribution in [2.24, 2.45) is 5.92 Å². The van der Waals surface area contributed by atoms with Crippen molar-refractivity contribution in [1.82, 2.24) is 10.3 Å². The van der Waals surface area contributed by atoms with Gasteiger partial charge < -0.3 is 10.1 Å². The second kappa shape index (κ2) is 7.09. The number of hydrogen-bond donors (Lipinski definition) is 1. The SMILES string of the molecule is CC(C)CNCc1cc(Br)cnc1OCC(F)(F)F. The van der Waals surface area contributed by atoms with Crippen LogP contribution in [0.1, 0.15) is 19.4 Å². The summed E-state index contributed by atoms with van der Waals surface area (Å²) in [5, 5.41) is 3.14. The van der Waals surface area contributed by atoms with Crippen molar-refractivity contribution >= 4 is 15.9 Å². The first kappa shape index (κ1) is 16.2. The second-order valence-corrected chi connectivity index (χ2v) is 5.46. The monoisotopic (exact) mass is 340 g/mol. The lowest BCUT2D eigenvalue weighted by molar-refractivity contribution is -0.154. The Balaban J connectivity index is 2.68. The second-order valence-electron chi connectivity index (χ2n) is 4.55. The van der Waals surface area contributed by atoms with Gasteiger partial charge in [-0.2, -0.15) is 13.2 Å². The van der Waals surface area contributed by atoms with E-state index < -0.39 is 12.8 Å².